The Labute approximate surface area is 167 Å². The van der Waals surface area contributed by atoms with Crippen molar-refractivity contribution in [3.05, 3.63) is 69.3 Å². The number of rotatable bonds is 7. The normalized spacial score (nSPS) is 10.2. The molecule has 0 heterocycles. The number of carbonyl (C=O) groups is 3. The first-order chi connectivity index (χ1) is 13.7. The highest BCUT2D eigenvalue weighted by atomic mass is 16.6. The zero-order valence-electron chi connectivity index (χ0n) is 16.3. The highest BCUT2D eigenvalue weighted by Crippen LogP contribution is 2.19. The maximum atomic E-state index is 12.2. The molecule has 0 radical (unpaired) electrons. The Kier molecular flexibility index (Phi) is 7.02. The van der Waals surface area contributed by atoms with Crippen LogP contribution in [0.15, 0.2) is 42.5 Å². The van der Waals surface area contributed by atoms with E-state index < -0.39 is 23.4 Å². The SMILES string of the molecule is Cc1cccc(C)c1NC(=O)CN(C)C(=O)COC(=O)c1ccc([N+](=O)[O-])cc1. The van der Waals surface area contributed by atoms with E-state index in [1.807, 2.05) is 32.0 Å². The molecule has 0 bridgehead atoms. The molecule has 0 fully saturated rings. The number of esters is 1. The van der Waals surface area contributed by atoms with Crippen molar-refractivity contribution in [2.45, 2.75) is 13.8 Å². The van der Waals surface area contributed by atoms with Gasteiger partial charge in [0.25, 0.3) is 11.6 Å². The van der Waals surface area contributed by atoms with Crippen LogP contribution in [0.2, 0.25) is 0 Å². The summed E-state index contributed by atoms with van der Waals surface area (Å²) in [7, 11) is 1.42. The number of nitro benzene ring substituents is 1. The van der Waals surface area contributed by atoms with E-state index in [0.717, 1.165) is 16.0 Å². The number of nitrogens with one attached hydrogen (secondary N) is 1. The first-order valence-electron chi connectivity index (χ1n) is 8.70. The third-order valence-electron chi connectivity index (χ3n) is 4.19. The number of aryl methyl sites for hydroxylation is 2. The number of non-ortho nitro benzene ring substituents is 1. The Morgan fingerprint density at radius 3 is 2.21 bits per heavy atom. The van der Waals surface area contributed by atoms with Crippen LogP contribution in [0.3, 0.4) is 0 Å². The van der Waals surface area contributed by atoms with Gasteiger partial charge >= 0.3 is 5.97 Å². The van der Waals surface area contributed by atoms with Crippen molar-refractivity contribution in [3.63, 3.8) is 0 Å². The van der Waals surface area contributed by atoms with Gasteiger partial charge in [0.15, 0.2) is 6.61 Å². The molecule has 0 spiro atoms. The van der Waals surface area contributed by atoms with Gasteiger partial charge in [-0.2, -0.15) is 0 Å². The lowest BCUT2D eigenvalue weighted by Gasteiger charge is -2.18. The van der Waals surface area contributed by atoms with Gasteiger partial charge in [-0.25, -0.2) is 4.79 Å². The van der Waals surface area contributed by atoms with Crippen LogP contribution in [0.4, 0.5) is 11.4 Å². The van der Waals surface area contributed by atoms with Crippen LogP contribution in [0, 0.1) is 24.0 Å². The highest BCUT2D eigenvalue weighted by molar-refractivity contribution is 5.96. The first-order valence-corrected chi connectivity index (χ1v) is 8.70. The molecule has 0 atom stereocenters. The van der Waals surface area contributed by atoms with Gasteiger partial charge in [0.1, 0.15) is 0 Å². The van der Waals surface area contributed by atoms with Gasteiger partial charge in [0.05, 0.1) is 17.0 Å². The molecule has 2 aromatic carbocycles. The zero-order chi connectivity index (χ0) is 21.6. The first kappa shape index (κ1) is 21.5. The molecular formula is C20H21N3O6. The summed E-state index contributed by atoms with van der Waals surface area (Å²) in [6, 6.07) is 10.4. The van der Waals surface area contributed by atoms with Gasteiger partial charge in [-0.3, -0.25) is 19.7 Å². The van der Waals surface area contributed by atoms with Crippen LogP contribution in [0.1, 0.15) is 21.5 Å². The standard InChI is InChI=1S/C20H21N3O6/c1-13-5-4-6-14(2)19(13)21-17(24)11-22(3)18(25)12-29-20(26)15-7-9-16(10-8-15)23(27)28/h4-10H,11-12H2,1-3H3,(H,21,24). The van der Waals surface area contributed by atoms with Gasteiger partial charge < -0.3 is 15.0 Å². The lowest BCUT2D eigenvalue weighted by molar-refractivity contribution is -0.384. The Morgan fingerprint density at radius 2 is 1.66 bits per heavy atom. The fourth-order valence-corrected chi connectivity index (χ4v) is 2.53. The molecule has 0 aliphatic rings. The average Bonchev–Trinajstić information content (AvgIpc) is 2.68. The van der Waals surface area contributed by atoms with Gasteiger partial charge in [0, 0.05) is 24.9 Å². The highest BCUT2D eigenvalue weighted by Gasteiger charge is 2.17. The van der Waals surface area contributed by atoms with E-state index in [1.54, 1.807) is 0 Å². The molecule has 0 saturated heterocycles. The van der Waals surface area contributed by atoms with Crippen molar-refractivity contribution in [1.82, 2.24) is 4.90 Å². The number of ether oxygens (including phenoxy) is 1. The lowest BCUT2D eigenvalue weighted by atomic mass is 10.1. The number of amides is 2. The third kappa shape index (κ3) is 5.86. The Balaban J connectivity index is 1.86. The minimum Gasteiger partial charge on any atom is -0.452 e. The summed E-state index contributed by atoms with van der Waals surface area (Å²) in [5, 5.41) is 13.4. The van der Waals surface area contributed by atoms with Gasteiger partial charge in [-0.1, -0.05) is 18.2 Å². The van der Waals surface area contributed by atoms with Crippen molar-refractivity contribution in [1.29, 1.82) is 0 Å². The van der Waals surface area contributed by atoms with Crippen LogP contribution < -0.4 is 5.32 Å². The van der Waals surface area contributed by atoms with Gasteiger partial charge in [0.2, 0.25) is 5.91 Å². The van der Waals surface area contributed by atoms with Crippen molar-refractivity contribution >= 4 is 29.2 Å². The molecule has 2 rings (SSSR count). The predicted molar refractivity (Wildman–Crippen MR) is 106 cm³/mol. The fraction of sp³-hybridized carbons (Fsp3) is 0.250. The maximum absolute atomic E-state index is 12.2. The minimum absolute atomic E-state index is 0.0822. The number of benzene rings is 2. The van der Waals surface area contributed by atoms with Crippen molar-refractivity contribution in [3.8, 4) is 0 Å². The van der Waals surface area contributed by atoms with Crippen molar-refractivity contribution in [2.24, 2.45) is 0 Å². The van der Waals surface area contributed by atoms with Crippen LogP contribution >= 0.6 is 0 Å². The second-order valence-electron chi connectivity index (χ2n) is 6.44. The van der Waals surface area contributed by atoms with E-state index >= 15 is 0 Å². The third-order valence-corrected chi connectivity index (χ3v) is 4.19. The number of anilines is 1. The van der Waals surface area contributed by atoms with Crippen molar-refractivity contribution < 1.29 is 24.0 Å². The van der Waals surface area contributed by atoms with E-state index in [0.29, 0.717) is 5.69 Å². The Hall–Kier alpha value is -3.75. The summed E-state index contributed by atoms with van der Waals surface area (Å²) < 4.78 is 4.92. The Morgan fingerprint density at radius 1 is 1.07 bits per heavy atom. The minimum atomic E-state index is -0.790. The van der Waals surface area contributed by atoms with E-state index in [2.05, 4.69) is 5.32 Å². The molecule has 152 valence electrons. The molecule has 1 N–H and O–H groups in total. The molecule has 9 heteroatoms. The monoisotopic (exact) mass is 399 g/mol. The summed E-state index contributed by atoms with van der Waals surface area (Å²) in [6.45, 7) is 2.98. The topological polar surface area (TPSA) is 119 Å². The number of carbonyl (C=O) groups excluding carboxylic acids is 3. The summed E-state index contributed by atoms with van der Waals surface area (Å²) >= 11 is 0. The number of nitro groups is 1. The predicted octanol–water partition coefficient (Wildman–Crippen LogP) is 2.47. The average molecular weight is 399 g/mol. The summed E-state index contributed by atoms with van der Waals surface area (Å²) in [4.78, 5) is 47.5. The van der Waals surface area contributed by atoms with Gasteiger partial charge in [-0.15, -0.1) is 0 Å². The summed E-state index contributed by atoms with van der Waals surface area (Å²) in [5.41, 5.74) is 2.43. The van der Waals surface area contributed by atoms with Crippen LogP contribution in [-0.4, -0.2) is 47.8 Å². The second kappa shape index (κ2) is 9.45. The van der Waals surface area contributed by atoms with E-state index in [9.17, 15) is 24.5 Å². The maximum Gasteiger partial charge on any atom is 0.338 e. The molecule has 2 amide bonds. The number of hydrogen-bond donors (Lipinski definition) is 1. The van der Waals surface area contributed by atoms with E-state index in [-0.39, 0.29) is 23.7 Å². The summed E-state index contributed by atoms with van der Waals surface area (Å²) in [5.74, 6) is -1.72. The smallest absolute Gasteiger partial charge is 0.338 e. The Bertz CT molecular complexity index is 919. The van der Waals surface area contributed by atoms with Crippen LogP contribution in [0.25, 0.3) is 0 Å². The molecule has 0 unspecified atom stereocenters. The molecule has 9 nitrogen and oxygen atoms in total. The fourth-order valence-electron chi connectivity index (χ4n) is 2.53. The largest absolute Gasteiger partial charge is 0.452 e. The van der Waals surface area contributed by atoms with Crippen LogP contribution in [-0.2, 0) is 14.3 Å². The summed E-state index contributed by atoms with van der Waals surface area (Å²) in [6.07, 6.45) is 0. The molecule has 0 aromatic heterocycles. The van der Waals surface area contributed by atoms with Crippen molar-refractivity contribution in [2.75, 3.05) is 25.5 Å². The number of likely N-dealkylation sites (N-methyl/N-ethyl adjacent to an activating group) is 1. The molecule has 2 aromatic rings. The number of para-hydroxylation sites is 1. The number of nitrogens with zero attached hydrogens (tertiary/aromatic N) is 2. The van der Waals surface area contributed by atoms with E-state index in [4.69, 9.17) is 4.74 Å². The van der Waals surface area contributed by atoms with E-state index in [1.165, 1.54) is 31.3 Å². The molecule has 29 heavy (non-hydrogen) atoms. The molecule has 0 aliphatic carbocycles. The molecule has 0 saturated carbocycles. The lowest BCUT2D eigenvalue weighted by Crippen LogP contribution is -2.37. The van der Waals surface area contributed by atoms with Crippen LogP contribution in [0.5, 0.6) is 0 Å². The molecule has 0 aliphatic heterocycles. The zero-order valence-corrected chi connectivity index (χ0v) is 16.3. The molecular weight excluding hydrogens is 378 g/mol. The number of hydrogen-bond acceptors (Lipinski definition) is 6. The second-order valence-corrected chi connectivity index (χ2v) is 6.44. The van der Waals surface area contributed by atoms with Gasteiger partial charge in [-0.05, 0) is 37.1 Å². The quantitative estimate of drug-likeness (QED) is 0.434.